The third kappa shape index (κ3) is 3.37. The van der Waals surface area contributed by atoms with Gasteiger partial charge in [-0.15, -0.1) is 0 Å². The number of ether oxygens (including phenoxy) is 1. The Morgan fingerprint density at radius 1 is 1.38 bits per heavy atom. The smallest absolute Gasteiger partial charge is 0.323 e. The number of amides is 2. The fraction of sp³-hybridized carbons (Fsp3) is 0.444. The van der Waals surface area contributed by atoms with E-state index in [4.69, 9.17) is 4.74 Å². The lowest BCUT2D eigenvalue weighted by molar-refractivity contribution is 0.207. The van der Waals surface area contributed by atoms with Crippen molar-refractivity contribution >= 4 is 11.8 Å². The molecule has 1 N–H and O–H groups in total. The summed E-state index contributed by atoms with van der Waals surface area (Å²) in [6.07, 6.45) is 1.98. The summed E-state index contributed by atoms with van der Waals surface area (Å²) in [6.45, 7) is 5.34. The van der Waals surface area contributed by atoms with Crippen LogP contribution in [-0.4, -0.2) is 33.9 Å². The van der Waals surface area contributed by atoms with Crippen molar-refractivity contribution in [2.45, 2.75) is 32.7 Å². The number of likely N-dealkylation sites (tertiary alicyclic amines) is 1. The van der Waals surface area contributed by atoms with Gasteiger partial charge in [0.25, 0.3) is 0 Å². The second-order valence-corrected chi connectivity index (χ2v) is 6.08. The fourth-order valence-electron chi connectivity index (χ4n) is 3.11. The van der Waals surface area contributed by atoms with Crippen molar-refractivity contribution in [2.24, 2.45) is 7.05 Å². The van der Waals surface area contributed by atoms with Crippen LogP contribution in [0.3, 0.4) is 0 Å². The van der Waals surface area contributed by atoms with Gasteiger partial charge in [0, 0.05) is 25.4 Å². The summed E-state index contributed by atoms with van der Waals surface area (Å²) >= 11 is 0. The highest BCUT2D eigenvalue weighted by Crippen LogP contribution is 2.33. The van der Waals surface area contributed by atoms with E-state index in [1.165, 1.54) is 0 Å². The minimum absolute atomic E-state index is 0.0931. The standard InChI is InChI=1S/C18H24N4O2/c1-4-24-15-9-7-14(8-10-15)16-6-5-11-22(16)18(23)19-17-12-13(2)21(3)20-17/h7-10,12,16H,4-6,11H2,1-3H3,(H,19,20,23). The Labute approximate surface area is 142 Å². The number of carbonyl (C=O) groups excluding carboxylic acids is 1. The number of nitrogens with one attached hydrogen (secondary N) is 1. The number of benzene rings is 1. The first-order chi connectivity index (χ1) is 11.6. The van der Waals surface area contributed by atoms with Crippen LogP contribution < -0.4 is 10.1 Å². The van der Waals surface area contributed by atoms with Gasteiger partial charge in [0.15, 0.2) is 5.82 Å². The van der Waals surface area contributed by atoms with Crippen LogP contribution in [0.25, 0.3) is 0 Å². The van der Waals surface area contributed by atoms with Crippen molar-refractivity contribution < 1.29 is 9.53 Å². The summed E-state index contributed by atoms with van der Waals surface area (Å²) in [5.74, 6) is 1.46. The predicted octanol–water partition coefficient (Wildman–Crippen LogP) is 3.50. The van der Waals surface area contributed by atoms with Gasteiger partial charge in [0.1, 0.15) is 5.75 Å². The number of nitrogens with zero attached hydrogens (tertiary/aromatic N) is 3. The zero-order valence-corrected chi connectivity index (χ0v) is 14.5. The normalized spacial score (nSPS) is 17.1. The average Bonchev–Trinajstić information content (AvgIpc) is 3.16. The molecule has 6 nitrogen and oxygen atoms in total. The zero-order chi connectivity index (χ0) is 17.1. The van der Waals surface area contributed by atoms with Crippen LogP contribution in [0, 0.1) is 6.92 Å². The van der Waals surface area contributed by atoms with E-state index in [1.807, 2.05) is 56.1 Å². The molecule has 0 bridgehead atoms. The topological polar surface area (TPSA) is 59.4 Å². The number of carbonyl (C=O) groups is 1. The lowest BCUT2D eigenvalue weighted by Gasteiger charge is -2.25. The molecule has 1 aromatic carbocycles. The van der Waals surface area contributed by atoms with Crippen LogP contribution in [0.4, 0.5) is 10.6 Å². The number of hydrogen-bond donors (Lipinski definition) is 1. The Kier molecular flexibility index (Phi) is 4.74. The van der Waals surface area contributed by atoms with Crippen molar-refractivity contribution in [1.82, 2.24) is 14.7 Å². The highest BCUT2D eigenvalue weighted by atomic mass is 16.5. The van der Waals surface area contributed by atoms with Gasteiger partial charge in [0.05, 0.1) is 12.6 Å². The average molecular weight is 328 g/mol. The van der Waals surface area contributed by atoms with Crippen LogP contribution in [0.5, 0.6) is 5.75 Å². The molecular formula is C18H24N4O2. The number of hydrogen-bond acceptors (Lipinski definition) is 3. The fourth-order valence-corrected chi connectivity index (χ4v) is 3.11. The Bertz CT molecular complexity index is 689. The quantitative estimate of drug-likeness (QED) is 0.934. The van der Waals surface area contributed by atoms with Crippen LogP contribution >= 0.6 is 0 Å². The Hall–Kier alpha value is -2.50. The summed E-state index contributed by atoms with van der Waals surface area (Å²) in [4.78, 5) is 14.5. The van der Waals surface area contributed by atoms with Gasteiger partial charge in [-0.1, -0.05) is 12.1 Å². The lowest BCUT2D eigenvalue weighted by atomic mass is 10.0. The maximum absolute atomic E-state index is 12.6. The molecule has 2 amide bonds. The van der Waals surface area contributed by atoms with Gasteiger partial charge in [-0.05, 0) is 44.4 Å². The molecule has 1 aliphatic rings. The van der Waals surface area contributed by atoms with E-state index >= 15 is 0 Å². The number of rotatable bonds is 4. The van der Waals surface area contributed by atoms with Crippen molar-refractivity contribution in [3.63, 3.8) is 0 Å². The van der Waals surface area contributed by atoms with Crippen molar-refractivity contribution in [3.05, 3.63) is 41.6 Å². The number of aromatic nitrogens is 2. The molecule has 24 heavy (non-hydrogen) atoms. The van der Waals surface area contributed by atoms with Gasteiger partial charge in [0.2, 0.25) is 0 Å². The minimum atomic E-state index is -0.0931. The molecule has 1 aliphatic heterocycles. The summed E-state index contributed by atoms with van der Waals surface area (Å²) in [5, 5.41) is 7.20. The molecule has 0 radical (unpaired) electrons. The van der Waals surface area contributed by atoms with Crippen LogP contribution in [0.1, 0.15) is 37.1 Å². The first-order valence-corrected chi connectivity index (χ1v) is 8.39. The van der Waals surface area contributed by atoms with Gasteiger partial charge < -0.3 is 9.64 Å². The molecule has 1 aromatic heterocycles. The molecule has 1 saturated heterocycles. The molecule has 6 heteroatoms. The van der Waals surface area contributed by atoms with E-state index in [2.05, 4.69) is 10.4 Å². The number of anilines is 1. The van der Waals surface area contributed by atoms with E-state index in [0.717, 1.165) is 36.4 Å². The Morgan fingerprint density at radius 2 is 2.12 bits per heavy atom. The molecule has 1 atom stereocenters. The van der Waals surface area contributed by atoms with Gasteiger partial charge in [-0.25, -0.2) is 4.79 Å². The largest absolute Gasteiger partial charge is 0.494 e. The molecule has 0 aliphatic carbocycles. The van der Waals surface area contributed by atoms with Gasteiger partial charge >= 0.3 is 6.03 Å². The Morgan fingerprint density at radius 3 is 2.75 bits per heavy atom. The van der Waals surface area contributed by atoms with Crippen molar-refractivity contribution in [2.75, 3.05) is 18.5 Å². The van der Waals surface area contributed by atoms with Crippen molar-refractivity contribution in [1.29, 1.82) is 0 Å². The van der Waals surface area contributed by atoms with E-state index in [-0.39, 0.29) is 12.1 Å². The predicted molar refractivity (Wildman–Crippen MR) is 93.3 cm³/mol. The first-order valence-electron chi connectivity index (χ1n) is 8.39. The lowest BCUT2D eigenvalue weighted by Crippen LogP contribution is -2.34. The molecule has 2 aromatic rings. The maximum atomic E-state index is 12.6. The molecule has 0 spiro atoms. The second kappa shape index (κ2) is 6.95. The summed E-state index contributed by atoms with van der Waals surface area (Å²) < 4.78 is 7.24. The van der Waals surface area contributed by atoms with Crippen molar-refractivity contribution in [3.8, 4) is 5.75 Å². The second-order valence-electron chi connectivity index (χ2n) is 6.08. The van der Waals surface area contributed by atoms with Crippen LogP contribution in [0.15, 0.2) is 30.3 Å². The van der Waals surface area contributed by atoms with Crippen LogP contribution in [-0.2, 0) is 7.05 Å². The van der Waals surface area contributed by atoms with Gasteiger partial charge in [-0.2, -0.15) is 5.10 Å². The summed E-state index contributed by atoms with van der Waals surface area (Å²) in [6, 6.07) is 9.91. The third-order valence-electron chi connectivity index (χ3n) is 4.44. The summed E-state index contributed by atoms with van der Waals surface area (Å²) in [7, 11) is 1.86. The molecule has 128 valence electrons. The molecular weight excluding hydrogens is 304 g/mol. The molecule has 0 saturated carbocycles. The Balaban J connectivity index is 1.71. The van der Waals surface area contributed by atoms with E-state index in [9.17, 15) is 4.79 Å². The highest BCUT2D eigenvalue weighted by Gasteiger charge is 2.30. The monoisotopic (exact) mass is 328 g/mol. The zero-order valence-electron chi connectivity index (χ0n) is 14.5. The molecule has 1 unspecified atom stereocenters. The third-order valence-corrected chi connectivity index (χ3v) is 4.44. The van der Waals surface area contributed by atoms with Crippen LogP contribution in [0.2, 0.25) is 0 Å². The maximum Gasteiger partial charge on any atom is 0.323 e. The van der Waals surface area contributed by atoms with E-state index < -0.39 is 0 Å². The highest BCUT2D eigenvalue weighted by molar-refractivity contribution is 5.88. The SMILES string of the molecule is CCOc1ccc(C2CCCN2C(=O)Nc2cc(C)n(C)n2)cc1. The minimum Gasteiger partial charge on any atom is -0.494 e. The van der Waals surface area contributed by atoms with E-state index in [0.29, 0.717) is 12.4 Å². The molecule has 3 rings (SSSR count). The van der Waals surface area contributed by atoms with Gasteiger partial charge in [-0.3, -0.25) is 10.00 Å². The number of aryl methyl sites for hydroxylation is 2. The van der Waals surface area contributed by atoms with E-state index in [1.54, 1.807) is 4.68 Å². The first kappa shape index (κ1) is 16.4. The summed E-state index contributed by atoms with van der Waals surface area (Å²) in [5.41, 5.74) is 2.15. The number of urea groups is 1. The molecule has 1 fully saturated rings. The molecule has 2 heterocycles.